The van der Waals surface area contributed by atoms with Gasteiger partial charge in [-0.2, -0.15) is 10.2 Å². The molecule has 0 radical (unpaired) electrons. The van der Waals surface area contributed by atoms with Crippen molar-refractivity contribution < 1.29 is 4.79 Å². The molecule has 1 aromatic carbocycles. The predicted octanol–water partition coefficient (Wildman–Crippen LogP) is 1.85. The van der Waals surface area contributed by atoms with E-state index in [0.29, 0.717) is 11.3 Å². The largest absolute Gasteiger partial charge is 0.319 e. The summed E-state index contributed by atoms with van der Waals surface area (Å²) in [4.78, 5) is 12.0. The molecule has 0 aliphatic carbocycles. The number of hydrogen-bond acceptors (Lipinski definition) is 3. The summed E-state index contributed by atoms with van der Waals surface area (Å²) in [5.74, 6) is -0.219. The molecular weight excluding hydrogens is 242 g/mol. The van der Waals surface area contributed by atoms with Crippen LogP contribution < -0.4 is 5.32 Å². The molecule has 94 valence electrons. The third kappa shape index (κ3) is 2.37. The summed E-state index contributed by atoms with van der Waals surface area (Å²) in [6.45, 7) is 0. The van der Waals surface area contributed by atoms with Crippen LogP contribution in [-0.2, 0) is 0 Å². The highest BCUT2D eigenvalue weighted by Gasteiger charge is 2.09. The molecular formula is C13H11N5O. The normalized spacial score (nSPS) is 10.3. The van der Waals surface area contributed by atoms with Crippen molar-refractivity contribution in [3.63, 3.8) is 0 Å². The third-order valence-electron chi connectivity index (χ3n) is 2.62. The van der Waals surface area contributed by atoms with E-state index in [1.807, 2.05) is 30.3 Å². The fourth-order valence-electron chi connectivity index (χ4n) is 1.68. The average molecular weight is 253 g/mol. The first-order chi connectivity index (χ1) is 9.33. The number of nitrogens with zero attached hydrogens (tertiary/aromatic N) is 3. The number of H-pyrrole nitrogens is 1. The Labute approximate surface area is 109 Å². The van der Waals surface area contributed by atoms with Crippen LogP contribution in [0.3, 0.4) is 0 Å². The van der Waals surface area contributed by atoms with E-state index in [0.717, 1.165) is 5.69 Å². The van der Waals surface area contributed by atoms with E-state index in [2.05, 4.69) is 20.6 Å². The van der Waals surface area contributed by atoms with Gasteiger partial charge in [0.2, 0.25) is 0 Å². The summed E-state index contributed by atoms with van der Waals surface area (Å²) in [6.07, 6.45) is 6.37. The molecule has 1 amide bonds. The first-order valence-corrected chi connectivity index (χ1v) is 5.73. The maximum atomic E-state index is 12.0. The molecule has 0 unspecified atom stereocenters. The van der Waals surface area contributed by atoms with Gasteiger partial charge in [-0.1, -0.05) is 18.2 Å². The number of nitrogens with one attached hydrogen (secondary N) is 2. The summed E-state index contributed by atoms with van der Waals surface area (Å²) >= 11 is 0. The molecule has 0 spiro atoms. The van der Waals surface area contributed by atoms with Crippen LogP contribution in [-0.4, -0.2) is 25.9 Å². The lowest BCUT2D eigenvalue weighted by molar-refractivity contribution is 0.102. The molecule has 6 nitrogen and oxygen atoms in total. The van der Waals surface area contributed by atoms with Gasteiger partial charge in [-0.15, -0.1) is 0 Å². The molecule has 0 aliphatic heterocycles. The number of carbonyl (C=O) groups excluding carboxylic acids is 1. The Morgan fingerprint density at radius 3 is 2.79 bits per heavy atom. The van der Waals surface area contributed by atoms with Crippen molar-refractivity contribution in [1.82, 2.24) is 20.0 Å². The van der Waals surface area contributed by atoms with Crippen molar-refractivity contribution >= 4 is 11.6 Å². The van der Waals surface area contributed by atoms with Crippen LogP contribution in [0.25, 0.3) is 5.69 Å². The topological polar surface area (TPSA) is 75.6 Å². The second-order valence-electron chi connectivity index (χ2n) is 3.95. The summed E-state index contributed by atoms with van der Waals surface area (Å²) in [7, 11) is 0. The number of benzene rings is 1. The van der Waals surface area contributed by atoms with Gasteiger partial charge in [0.1, 0.15) is 0 Å². The first kappa shape index (κ1) is 11.2. The Balaban J connectivity index is 1.80. The lowest BCUT2D eigenvalue weighted by atomic mass is 10.3. The van der Waals surface area contributed by atoms with Gasteiger partial charge in [0.25, 0.3) is 5.91 Å². The van der Waals surface area contributed by atoms with Crippen LogP contribution in [0.4, 0.5) is 5.69 Å². The average Bonchev–Trinajstić information content (AvgIpc) is 3.10. The molecule has 0 atom stereocenters. The van der Waals surface area contributed by atoms with Crippen molar-refractivity contribution in [1.29, 1.82) is 0 Å². The number of amides is 1. The lowest BCUT2D eigenvalue weighted by Crippen LogP contribution is -2.10. The zero-order valence-corrected chi connectivity index (χ0v) is 9.95. The Bertz CT molecular complexity index is 672. The summed E-state index contributed by atoms with van der Waals surface area (Å²) < 4.78 is 1.66. The van der Waals surface area contributed by atoms with Crippen LogP contribution in [0, 0.1) is 0 Å². The van der Waals surface area contributed by atoms with Crippen LogP contribution in [0.1, 0.15) is 10.4 Å². The van der Waals surface area contributed by atoms with Gasteiger partial charge >= 0.3 is 0 Å². The zero-order valence-electron chi connectivity index (χ0n) is 9.95. The van der Waals surface area contributed by atoms with E-state index in [4.69, 9.17) is 0 Å². The van der Waals surface area contributed by atoms with E-state index < -0.39 is 0 Å². The highest BCUT2D eigenvalue weighted by molar-refractivity contribution is 6.03. The molecule has 3 aromatic rings. The van der Waals surface area contributed by atoms with Crippen LogP contribution in [0.15, 0.2) is 55.1 Å². The maximum absolute atomic E-state index is 12.0. The quantitative estimate of drug-likeness (QED) is 0.748. The molecule has 0 saturated carbocycles. The van der Waals surface area contributed by atoms with Gasteiger partial charge in [0.15, 0.2) is 0 Å². The van der Waals surface area contributed by atoms with Crippen molar-refractivity contribution in [2.75, 3.05) is 5.32 Å². The fourth-order valence-corrected chi connectivity index (χ4v) is 1.68. The van der Waals surface area contributed by atoms with Gasteiger partial charge in [-0.05, 0) is 12.1 Å². The van der Waals surface area contributed by atoms with Crippen molar-refractivity contribution in [2.24, 2.45) is 0 Å². The van der Waals surface area contributed by atoms with E-state index in [9.17, 15) is 4.79 Å². The Morgan fingerprint density at radius 1 is 1.21 bits per heavy atom. The molecule has 2 aromatic heterocycles. The molecule has 0 fully saturated rings. The van der Waals surface area contributed by atoms with E-state index in [1.54, 1.807) is 23.3 Å². The first-order valence-electron chi connectivity index (χ1n) is 5.73. The standard InChI is InChI=1S/C13H11N5O/c19-13(17-11-7-14-15-8-11)10-6-16-18(9-10)12-4-2-1-3-5-12/h1-9H,(H,14,15)(H,17,19). The smallest absolute Gasteiger partial charge is 0.258 e. The second kappa shape index (κ2) is 4.77. The summed E-state index contributed by atoms with van der Waals surface area (Å²) in [5, 5.41) is 13.3. The van der Waals surface area contributed by atoms with Crippen molar-refractivity contribution in [3.8, 4) is 5.69 Å². The maximum Gasteiger partial charge on any atom is 0.258 e. The minimum Gasteiger partial charge on any atom is -0.319 e. The number of para-hydroxylation sites is 1. The van der Waals surface area contributed by atoms with Gasteiger partial charge in [-0.3, -0.25) is 9.89 Å². The number of carbonyl (C=O) groups is 1. The lowest BCUT2D eigenvalue weighted by Gasteiger charge is -2.00. The molecule has 2 N–H and O–H groups in total. The summed E-state index contributed by atoms with van der Waals surface area (Å²) in [5.41, 5.74) is 2.02. The van der Waals surface area contributed by atoms with Crippen molar-refractivity contribution in [3.05, 3.63) is 60.7 Å². The number of anilines is 1. The van der Waals surface area contributed by atoms with Gasteiger partial charge in [-0.25, -0.2) is 4.68 Å². The van der Waals surface area contributed by atoms with Gasteiger partial charge < -0.3 is 5.32 Å². The molecule has 19 heavy (non-hydrogen) atoms. The van der Waals surface area contributed by atoms with Gasteiger partial charge in [0.05, 0.1) is 29.3 Å². The monoisotopic (exact) mass is 253 g/mol. The molecule has 6 heteroatoms. The zero-order chi connectivity index (χ0) is 13.1. The summed E-state index contributed by atoms with van der Waals surface area (Å²) in [6, 6.07) is 9.61. The highest BCUT2D eigenvalue weighted by Crippen LogP contribution is 2.09. The SMILES string of the molecule is O=C(Nc1cn[nH]c1)c1cnn(-c2ccccc2)c1. The Kier molecular flexibility index (Phi) is 2.82. The predicted molar refractivity (Wildman–Crippen MR) is 70.1 cm³/mol. The third-order valence-corrected chi connectivity index (χ3v) is 2.62. The fraction of sp³-hybridized carbons (Fsp3) is 0. The Hall–Kier alpha value is -2.89. The number of aromatic nitrogens is 4. The van der Waals surface area contributed by atoms with E-state index >= 15 is 0 Å². The molecule has 0 saturated heterocycles. The number of rotatable bonds is 3. The van der Waals surface area contributed by atoms with E-state index in [1.165, 1.54) is 6.20 Å². The molecule has 0 aliphatic rings. The van der Waals surface area contributed by atoms with E-state index in [-0.39, 0.29) is 5.91 Å². The van der Waals surface area contributed by atoms with Crippen molar-refractivity contribution in [2.45, 2.75) is 0 Å². The van der Waals surface area contributed by atoms with Crippen LogP contribution >= 0.6 is 0 Å². The highest BCUT2D eigenvalue weighted by atomic mass is 16.1. The number of aromatic amines is 1. The second-order valence-corrected chi connectivity index (χ2v) is 3.95. The molecule has 3 rings (SSSR count). The van der Waals surface area contributed by atoms with Crippen LogP contribution in [0.2, 0.25) is 0 Å². The minimum atomic E-state index is -0.219. The number of hydrogen-bond donors (Lipinski definition) is 2. The minimum absolute atomic E-state index is 0.219. The molecule has 0 bridgehead atoms. The Morgan fingerprint density at radius 2 is 2.05 bits per heavy atom. The van der Waals surface area contributed by atoms with Crippen LogP contribution in [0.5, 0.6) is 0 Å². The molecule has 2 heterocycles. The van der Waals surface area contributed by atoms with Gasteiger partial charge in [0, 0.05) is 12.4 Å².